The largest absolute Gasteiger partial charge is 0.481 e. The lowest BCUT2D eigenvalue weighted by molar-refractivity contribution is -0.137. The topological polar surface area (TPSA) is 40.5 Å². The van der Waals surface area contributed by atoms with Gasteiger partial charge in [-0.3, -0.25) is 4.79 Å². The van der Waals surface area contributed by atoms with Gasteiger partial charge in [-0.2, -0.15) is 0 Å². The molecule has 0 unspecified atom stereocenters. The summed E-state index contributed by atoms with van der Waals surface area (Å²) in [4.78, 5) is 12.8. The second-order valence-electron chi connectivity index (χ2n) is 4.90. The molecule has 15 heavy (non-hydrogen) atoms. The summed E-state index contributed by atoms with van der Waals surface area (Å²) in [5.74, 6) is 0.946. The average Bonchev–Trinajstić information content (AvgIpc) is 2.07. The Labute approximate surface area is 92.5 Å². The molecule has 0 amide bonds. The molecular weight excluding hydrogens is 190 g/mol. The summed E-state index contributed by atoms with van der Waals surface area (Å²) in [5.41, 5.74) is 0. The van der Waals surface area contributed by atoms with Crippen LogP contribution in [0.25, 0.3) is 0 Å². The number of hydrogen-bond acceptors (Lipinski definition) is 2. The van der Waals surface area contributed by atoms with Crippen molar-refractivity contribution in [2.75, 3.05) is 13.1 Å². The molecule has 0 aromatic rings. The quantitative estimate of drug-likeness (QED) is 0.735. The molecule has 0 heterocycles. The Morgan fingerprint density at radius 3 is 2.47 bits per heavy atom. The van der Waals surface area contributed by atoms with Crippen LogP contribution in [0.2, 0.25) is 0 Å². The molecule has 0 aromatic heterocycles. The fraction of sp³-hybridized carbons (Fsp3) is 0.917. The first-order valence-corrected chi connectivity index (χ1v) is 6.00. The molecule has 0 saturated heterocycles. The van der Waals surface area contributed by atoms with E-state index >= 15 is 0 Å². The van der Waals surface area contributed by atoms with Gasteiger partial charge in [0.2, 0.25) is 0 Å². The summed E-state index contributed by atoms with van der Waals surface area (Å²) in [5, 5.41) is 8.64. The molecule has 1 saturated carbocycles. The van der Waals surface area contributed by atoms with Gasteiger partial charge in [-0.15, -0.1) is 0 Å². The van der Waals surface area contributed by atoms with Crippen LogP contribution in [0.4, 0.5) is 0 Å². The van der Waals surface area contributed by atoms with Crippen LogP contribution in [0.5, 0.6) is 0 Å². The molecule has 0 bridgehead atoms. The first-order chi connectivity index (χ1) is 7.04. The van der Waals surface area contributed by atoms with Crippen LogP contribution in [-0.4, -0.2) is 35.1 Å². The highest BCUT2D eigenvalue weighted by Crippen LogP contribution is 2.36. The minimum absolute atomic E-state index is 0.274. The van der Waals surface area contributed by atoms with Crippen LogP contribution < -0.4 is 0 Å². The van der Waals surface area contributed by atoms with Crippen molar-refractivity contribution in [3.63, 3.8) is 0 Å². The lowest BCUT2D eigenvalue weighted by atomic mass is 9.73. The van der Waals surface area contributed by atoms with Crippen molar-refractivity contribution < 1.29 is 9.90 Å². The van der Waals surface area contributed by atoms with Gasteiger partial charge in [-0.1, -0.05) is 20.8 Å². The number of nitrogens with zero attached hydrogens (tertiary/aromatic N) is 1. The van der Waals surface area contributed by atoms with Gasteiger partial charge in [-0.05, 0) is 31.2 Å². The normalized spacial score (nSPS) is 25.7. The Balaban J connectivity index is 2.26. The van der Waals surface area contributed by atoms with Crippen molar-refractivity contribution in [2.24, 2.45) is 11.8 Å². The van der Waals surface area contributed by atoms with Gasteiger partial charge in [0, 0.05) is 12.6 Å². The second-order valence-corrected chi connectivity index (χ2v) is 4.90. The fourth-order valence-corrected chi connectivity index (χ4v) is 2.31. The summed E-state index contributed by atoms with van der Waals surface area (Å²) in [6.45, 7) is 8.34. The molecule has 0 aromatic carbocycles. The highest BCUT2D eigenvalue weighted by Gasteiger charge is 2.34. The number of carbonyl (C=O) groups is 1. The van der Waals surface area contributed by atoms with Crippen LogP contribution in [0.1, 0.15) is 40.0 Å². The van der Waals surface area contributed by atoms with E-state index in [-0.39, 0.29) is 6.42 Å². The molecule has 1 N–H and O–H groups in total. The van der Waals surface area contributed by atoms with E-state index in [9.17, 15) is 4.79 Å². The van der Waals surface area contributed by atoms with E-state index in [0.29, 0.717) is 12.6 Å². The highest BCUT2D eigenvalue weighted by molar-refractivity contribution is 5.66. The maximum Gasteiger partial charge on any atom is 0.304 e. The van der Waals surface area contributed by atoms with Gasteiger partial charge < -0.3 is 10.0 Å². The van der Waals surface area contributed by atoms with Gasteiger partial charge in [0.25, 0.3) is 0 Å². The summed E-state index contributed by atoms with van der Waals surface area (Å²) < 4.78 is 0. The molecule has 88 valence electrons. The van der Waals surface area contributed by atoms with Crippen LogP contribution in [0.3, 0.4) is 0 Å². The van der Waals surface area contributed by atoms with Crippen molar-refractivity contribution >= 4 is 5.97 Å². The zero-order valence-corrected chi connectivity index (χ0v) is 10.1. The minimum atomic E-state index is -0.687. The third-order valence-corrected chi connectivity index (χ3v) is 3.63. The molecule has 3 heteroatoms. The first-order valence-electron chi connectivity index (χ1n) is 6.00. The molecule has 0 atom stereocenters. The van der Waals surface area contributed by atoms with Crippen LogP contribution >= 0.6 is 0 Å². The van der Waals surface area contributed by atoms with Gasteiger partial charge in [0.1, 0.15) is 0 Å². The molecule has 1 rings (SSSR count). The fourth-order valence-electron chi connectivity index (χ4n) is 2.31. The average molecular weight is 213 g/mol. The van der Waals surface area contributed by atoms with E-state index in [1.165, 1.54) is 12.8 Å². The Morgan fingerprint density at radius 1 is 1.47 bits per heavy atom. The number of carboxylic acid groups (broad SMARTS) is 1. The lowest BCUT2D eigenvalue weighted by Gasteiger charge is -2.44. The van der Waals surface area contributed by atoms with Crippen LogP contribution in [0.15, 0.2) is 0 Å². The highest BCUT2D eigenvalue weighted by atomic mass is 16.4. The molecule has 0 aliphatic heterocycles. The maximum atomic E-state index is 10.5. The number of rotatable bonds is 6. The number of hydrogen-bond donors (Lipinski definition) is 1. The Morgan fingerprint density at radius 2 is 2.07 bits per heavy atom. The summed E-state index contributed by atoms with van der Waals surface area (Å²) in [7, 11) is 0. The van der Waals surface area contributed by atoms with Crippen molar-refractivity contribution in [2.45, 2.75) is 46.1 Å². The van der Waals surface area contributed by atoms with Gasteiger partial charge >= 0.3 is 5.97 Å². The molecule has 1 fully saturated rings. The molecule has 0 radical (unpaired) electrons. The first kappa shape index (κ1) is 12.5. The molecule has 1 aliphatic carbocycles. The number of aliphatic carboxylic acids is 1. The van der Waals surface area contributed by atoms with E-state index < -0.39 is 5.97 Å². The maximum absolute atomic E-state index is 10.5. The summed E-state index contributed by atoms with van der Waals surface area (Å²) in [6, 6.07) is 0.641. The minimum Gasteiger partial charge on any atom is -0.481 e. The monoisotopic (exact) mass is 213 g/mol. The molecular formula is C12H23NO2. The van der Waals surface area contributed by atoms with Crippen molar-refractivity contribution in [1.29, 1.82) is 0 Å². The van der Waals surface area contributed by atoms with E-state index in [1.54, 1.807) is 0 Å². The number of carboxylic acids is 1. The summed E-state index contributed by atoms with van der Waals surface area (Å²) >= 11 is 0. The van der Waals surface area contributed by atoms with Crippen LogP contribution in [-0.2, 0) is 4.79 Å². The second kappa shape index (κ2) is 5.50. The van der Waals surface area contributed by atoms with Gasteiger partial charge in [0.15, 0.2) is 0 Å². The van der Waals surface area contributed by atoms with Crippen molar-refractivity contribution in [3.05, 3.63) is 0 Å². The smallest absolute Gasteiger partial charge is 0.304 e. The molecule has 3 nitrogen and oxygen atoms in total. The standard InChI is InChI=1S/C12H23NO2/c1-4-13(6-5-12(14)15)11-7-10(8-11)9(2)3/h9-11H,4-8H2,1-3H3,(H,14,15). The SMILES string of the molecule is CCN(CCC(=O)O)C1CC(C(C)C)C1. The zero-order chi connectivity index (χ0) is 11.4. The van der Waals surface area contributed by atoms with Crippen LogP contribution in [0, 0.1) is 11.8 Å². The summed E-state index contributed by atoms with van der Waals surface area (Å²) in [6.07, 6.45) is 2.78. The molecule has 1 aliphatic rings. The van der Waals surface area contributed by atoms with Crippen molar-refractivity contribution in [3.8, 4) is 0 Å². The van der Waals surface area contributed by atoms with E-state index in [0.717, 1.165) is 18.4 Å². The predicted octanol–water partition coefficient (Wildman–Crippen LogP) is 2.22. The Bertz CT molecular complexity index is 210. The predicted molar refractivity (Wildman–Crippen MR) is 60.8 cm³/mol. The third kappa shape index (κ3) is 3.49. The zero-order valence-electron chi connectivity index (χ0n) is 10.1. The van der Waals surface area contributed by atoms with Gasteiger partial charge in [0.05, 0.1) is 6.42 Å². The van der Waals surface area contributed by atoms with E-state index in [2.05, 4.69) is 25.7 Å². The molecule has 0 spiro atoms. The Kier molecular flexibility index (Phi) is 4.58. The lowest BCUT2D eigenvalue weighted by Crippen LogP contribution is -2.46. The van der Waals surface area contributed by atoms with E-state index in [1.807, 2.05) is 0 Å². The van der Waals surface area contributed by atoms with Gasteiger partial charge in [-0.25, -0.2) is 0 Å². The third-order valence-electron chi connectivity index (χ3n) is 3.63. The Hall–Kier alpha value is -0.570. The van der Waals surface area contributed by atoms with E-state index in [4.69, 9.17) is 5.11 Å². The van der Waals surface area contributed by atoms with Crippen molar-refractivity contribution in [1.82, 2.24) is 4.90 Å².